The number of likely N-dealkylation sites (N-methyl/N-ethyl adjacent to an activating group) is 1. The number of benzene rings is 2. The molecule has 1 aliphatic carbocycles. The van der Waals surface area contributed by atoms with Crippen LogP contribution < -0.4 is 14.8 Å². The second-order valence-electron chi connectivity index (χ2n) is 12.0. The van der Waals surface area contributed by atoms with E-state index in [1.54, 1.807) is 4.90 Å². The summed E-state index contributed by atoms with van der Waals surface area (Å²) in [5.41, 5.74) is 1.83. The maximum absolute atomic E-state index is 14.0. The molecule has 0 radical (unpaired) electrons. The second kappa shape index (κ2) is 14.9. The largest absolute Gasteiger partial charge is 0.493 e. The van der Waals surface area contributed by atoms with Gasteiger partial charge in [-0.1, -0.05) is 30.3 Å². The van der Waals surface area contributed by atoms with Gasteiger partial charge in [-0.15, -0.1) is 0 Å². The van der Waals surface area contributed by atoms with Crippen LogP contribution in [0.1, 0.15) is 69.2 Å². The summed E-state index contributed by atoms with van der Waals surface area (Å²) >= 11 is 0. The fourth-order valence-corrected chi connectivity index (χ4v) is 6.24. The van der Waals surface area contributed by atoms with Gasteiger partial charge in [0.15, 0.2) is 0 Å². The van der Waals surface area contributed by atoms with Crippen molar-refractivity contribution in [3.05, 3.63) is 59.2 Å². The Morgan fingerprint density at radius 2 is 1.63 bits per heavy atom. The molecule has 4 rings (SSSR count). The third kappa shape index (κ3) is 8.00. The maximum atomic E-state index is 14.0. The minimum Gasteiger partial charge on any atom is -0.493 e. The molecule has 1 saturated carbocycles. The first-order valence-corrected chi connectivity index (χ1v) is 15.9. The molecule has 2 amide bonds. The van der Waals surface area contributed by atoms with E-state index in [9.17, 15) is 14.7 Å². The Hall–Kier alpha value is -3.30. The lowest BCUT2D eigenvalue weighted by molar-refractivity contribution is -0.152. The van der Waals surface area contributed by atoms with Crippen molar-refractivity contribution in [2.45, 2.75) is 77.4 Å². The van der Waals surface area contributed by atoms with Crippen LogP contribution in [0.5, 0.6) is 11.5 Å². The number of aliphatic carboxylic acids is 1. The van der Waals surface area contributed by atoms with Crippen molar-refractivity contribution in [3.8, 4) is 11.5 Å². The Bertz CT molecular complexity index is 1180. The number of nitrogens with one attached hydrogen (secondary N) is 1. The monoisotopic (exact) mass is 594 g/mol. The number of hydrogen-bond acceptors (Lipinski definition) is 6. The molecule has 1 heterocycles. The number of carbonyl (C=O) groups excluding carboxylic acids is 1. The molecular formula is C34H50N4O5. The van der Waals surface area contributed by atoms with Gasteiger partial charge in [0, 0.05) is 44.3 Å². The minimum atomic E-state index is -1.26. The molecule has 0 unspecified atom stereocenters. The van der Waals surface area contributed by atoms with Gasteiger partial charge in [0.2, 0.25) is 0 Å². The molecule has 0 aromatic heterocycles. The number of rotatable bonds is 14. The molecule has 2 N–H and O–H groups in total. The quantitative estimate of drug-likeness (QED) is 0.293. The molecule has 2 fully saturated rings. The van der Waals surface area contributed by atoms with Crippen molar-refractivity contribution in [1.82, 2.24) is 20.0 Å². The number of ether oxygens (including phenoxy) is 2. The molecule has 43 heavy (non-hydrogen) atoms. The molecule has 0 bridgehead atoms. The van der Waals surface area contributed by atoms with Crippen molar-refractivity contribution in [1.29, 1.82) is 0 Å². The number of carboxylic acids is 1. The van der Waals surface area contributed by atoms with Gasteiger partial charge in [-0.25, -0.2) is 9.59 Å². The third-order valence-electron chi connectivity index (χ3n) is 9.08. The predicted octanol–water partition coefficient (Wildman–Crippen LogP) is 5.12. The zero-order valence-electron chi connectivity index (χ0n) is 26.6. The first kappa shape index (κ1) is 32.6. The minimum absolute atomic E-state index is 0.168. The van der Waals surface area contributed by atoms with Crippen LogP contribution in [0.4, 0.5) is 4.79 Å². The van der Waals surface area contributed by atoms with Gasteiger partial charge >= 0.3 is 12.0 Å². The Kier molecular flexibility index (Phi) is 11.3. The Balaban J connectivity index is 1.52. The van der Waals surface area contributed by atoms with Gasteiger partial charge in [-0.2, -0.15) is 0 Å². The van der Waals surface area contributed by atoms with Crippen LogP contribution in [0.2, 0.25) is 0 Å². The molecular weight excluding hydrogens is 544 g/mol. The van der Waals surface area contributed by atoms with E-state index in [1.165, 1.54) is 5.56 Å². The van der Waals surface area contributed by atoms with Crippen molar-refractivity contribution in [2.75, 3.05) is 53.0 Å². The summed E-state index contributed by atoms with van der Waals surface area (Å²) in [6.07, 6.45) is 3.46. The molecule has 1 atom stereocenters. The molecule has 0 spiro atoms. The zero-order valence-corrected chi connectivity index (χ0v) is 26.6. The van der Waals surface area contributed by atoms with Crippen LogP contribution >= 0.6 is 0 Å². The van der Waals surface area contributed by atoms with Crippen LogP contribution in [0.25, 0.3) is 0 Å². The highest BCUT2D eigenvalue weighted by Gasteiger charge is 2.54. The topological polar surface area (TPSA) is 94.6 Å². The number of hydrogen-bond donors (Lipinski definition) is 2. The number of amides is 2. The average Bonchev–Trinajstić information content (AvgIpc) is 2.97. The summed E-state index contributed by atoms with van der Waals surface area (Å²) in [4.78, 5) is 33.0. The molecule has 1 saturated heterocycles. The lowest BCUT2D eigenvalue weighted by Gasteiger charge is -2.51. The fraction of sp³-hybridized carbons (Fsp3) is 0.588. The van der Waals surface area contributed by atoms with Crippen molar-refractivity contribution >= 4 is 12.0 Å². The molecule has 2 aromatic carbocycles. The maximum Gasteiger partial charge on any atom is 0.329 e. The summed E-state index contributed by atoms with van der Waals surface area (Å²) in [5.74, 6) is 0.502. The van der Waals surface area contributed by atoms with Crippen molar-refractivity contribution in [2.24, 2.45) is 0 Å². The summed E-state index contributed by atoms with van der Waals surface area (Å²) in [7, 11) is 2.11. The lowest BCUT2D eigenvalue weighted by Crippen LogP contribution is -2.70. The van der Waals surface area contributed by atoms with Crippen LogP contribution in [-0.2, 0) is 11.2 Å². The van der Waals surface area contributed by atoms with Gasteiger partial charge < -0.3 is 29.7 Å². The van der Waals surface area contributed by atoms with E-state index < -0.39 is 11.5 Å². The number of carboxylic acid groups (broad SMARTS) is 1. The van der Waals surface area contributed by atoms with E-state index in [4.69, 9.17) is 9.47 Å². The molecule has 9 heteroatoms. The standard InChI is InChI=1S/C34H50N4O5/c1-6-42-30-21-28(22-31(25(30)3)43-7-2)26(4)38(16-12-11-15-27-13-9-8-10-14-27)33(41)35-34(32(39)40)23-29(24-34)37-19-17-36(5)18-20-37/h8-10,13-14,21-22,26,29H,6-7,11-12,15-20,23-24H2,1-5H3,(H,35,41)(H,39,40)/t26-,29?,34?/m1/s1. The molecule has 1 aliphatic heterocycles. The normalized spacial score (nSPS) is 21.5. The molecule has 9 nitrogen and oxygen atoms in total. The molecule has 236 valence electrons. The highest BCUT2D eigenvalue weighted by Crippen LogP contribution is 2.38. The summed E-state index contributed by atoms with van der Waals surface area (Å²) in [5, 5.41) is 13.3. The number of carbonyl (C=O) groups is 2. The Morgan fingerprint density at radius 1 is 1.02 bits per heavy atom. The first-order valence-electron chi connectivity index (χ1n) is 15.9. The van der Waals surface area contributed by atoms with E-state index in [-0.39, 0.29) is 18.1 Å². The zero-order chi connectivity index (χ0) is 31.0. The fourth-order valence-electron chi connectivity index (χ4n) is 6.24. The van der Waals surface area contributed by atoms with E-state index in [0.717, 1.165) is 68.1 Å². The van der Waals surface area contributed by atoms with E-state index in [1.807, 2.05) is 58.0 Å². The number of urea groups is 1. The Morgan fingerprint density at radius 3 is 2.19 bits per heavy atom. The highest BCUT2D eigenvalue weighted by atomic mass is 16.5. The van der Waals surface area contributed by atoms with Crippen molar-refractivity contribution in [3.63, 3.8) is 0 Å². The molecule has 2 aliphatic rings. The summed E-state index contributed by atoms with van der Waals surface area (Å²) in [6.45, 7) is 13.2. The number of nitrogens with zero attached hydrogens (tertiary/aromatic N) is 3. The summed E-state index contributed by atoms with van der Waals surface area (Å²) in [6, 6.07) is 13.8. The van der Waals surface area contributed by atoms with Crippen LogP contribution in [0, 0.1) is 6.92 Å². The molecule has 2 aromatic rings. The average molecular weight is 595 g/mol. The van der Waals surface area contributed by atoms with E-state index in [2.05, 4.69) is 34.3 Å². The second-order valence-corrected chi connectivity index (χ2v) is 12.0. The first-order chi connectivity index (χ1) is 20.7. The number of aryl methyl sites for hydroxylation is 1. The summed E-state index contributed by atoms with van der Waals surface area (Å²) < 4.78 is 11.9. The van der Waals surface area contributed by atoms with Gasteiger partial charge in [0.05, 0.1) is 19.3 Å². The van der Waals surface area contributed by atoms with Crippen LogP contribution in [-0.4, -0.2) is 96.4 Å². The SMILES string of the molecule is CCOc1cc([C@@H](C)N(CCCCc2ccccc2)C(=O)NC2(C(=O)O)CC(N3CCN(C)CC3)C2)cc(OCC)c1C. The van der Waals surface area contributed by atoms with Crippen LogP contribution in [0.15, 0.2) is 42.5 Å². The third-order valence-corrected chi connectivity index (χ3v) is 9.08. The van der Waals surface area contributed by atoms with Gasteiger partial charge in [0.25, 0.3) is 0 Å². The van der Waals surface area contributed by atoms with Gasteiger partial charge in [-0.05, 0) is 90.1 Å². The number of piperazine rings is 1. The predicted molar refractivity (Wildman–Crippen MR) is 169 cm³/mol. The van der Waals surface area contributed by atoms with E-state index in [0.29, 0.717) is 32.6 Å². The van der Waals surface area contributed by atoms with Gasteiger partial charge in [-0.3, -0.25) is 4.90 Å². The Labute approximate surface area is 257 Å². The number of unbranched alkanes of at least 4 members (excludes halogenated alkanes) is 1. The highest BCUT2D eigenvalue weighted by molar-refractivity contribution is 5.87. The van der Waals surface area contributed by atoms with Crippen LogP contribution in [0.3, 0.4) is 0 Å². The van der Waals surface area contributed by atoms with Crippen molar-refractivity contribution < 1.29 is 24.2 Å². The van der Waals surface area contributed by atoms with E-state index >= 15 is 0 Å². The van der Waals surface area contributed by atoms with Gasteiger partial charge in [0.1, 0.15) is 17.0 Å². The smallest absolute Gasteiger partial charge is 0.329 e. The lowest BCUT2D eigenvalue weighted by atomic mass is 9.71.